The first-order valence-corrected chi connectivity index (χ1v) is 10.5. The highest BCUT2D eigenvalue weighted by molar-refractivity contribution is 6.09. The van der Waals surface area contributed by atoms with Crippen LogP contribution in [-0.4, -0.2) is 33.4 Å². The minimum absolute atomic E-state index is 0.0620. The molecule has 0 spiro atoms. The lowest BCUT2D eigenvalue weighted by molar-refractivity contribution is -0.131. The Hall–Kier alpha value is -3.69. The molecule has 1 saturated heterocycles. The molecule has 2 aliphatic rings. The van der Waals surface area contributed by atoms with Crippen molar-refractivity contribution in [2.24, 2.45) is 22.6 Å². The molecular formula is C23H21F3N6O. The van der Waals surface area contributed by atoms with E-state index in [9.17, 15) is 18.0 Å². The number of halogens is 3. The van der Waals surface area contributed by atoms with E-state index in [1.54, 1.807) is 23.5 Å². The van der Waals surface area contributed by atoms with Gasteiger partial charge in [-0.15, -0.1) is 13.2 Å². The molecular weight excluding hydrogens is 433 g/mol. The first kappa shape index (κ1) is 21.2. The Morgan fingerprint density at radius 3 is 2.73 bits per heavy atom. The van der Waals surface area contributed by atoms with Crippen LogP contribution in [0, 0.1) is 18.8 Å². The molecule has 2 fully saturated rings. The molecule has 1 amide bonds. The molecule has 0 radical (unpaired) electrons. The summed E-state index contributed by atoms with van der Waals surface area (Å²) in [5.41, 5.74) is 9.96. The Labute approximate surface area is 187 Å². The minimum Gasteiger partial charge on any atom is -0.404 e. The largest absolute Gasteiger partial charge is 0.503 e. The van der Waals surface area contributed by atoms with Crippen molar-refractivity contribution in [3.63, 3.8) is 0 Å². The summed E-state index contributed by atoms with van der Waals surface area (Å²) in [5, 5.41) is 0. The summed E-state index contributed by atoms with van der Waals surface area (Å²) in [4.78, 5) is 29.1. The van der Waals surface area contributed by atoms with Crippen LogP contribution in [0.5, 0.6) is 0 Å². The number of aryl methyl sites for hydroxylation is 1. The number of fused-ring (bicyclic) bond motifs is 1. The van der Waals surface area contributed by atoms with Crippen LogP contribution in [0.2, 0.25) is 0 Å². The third-order valence-electron chi connectivity index (χ3n) is 6.25. The molecule has 0 unspecified atom stereocenters. The Balaban J connectivity index is 1.50. The van der Waals surface area contributed by atoms with Crippen LogP contribution in [0.1, 0.15) is 35.7 Å². The lowest BCUT2D eigenvalue weighted by Crippen LogP contribution is -2.56. The maximum atomic E-state index is 13.1. The van der Waals surface area contributed by atoms with Gasteiger partial charge in [0.25, 0.3) is 0 Å². The number of allylic oxidation sites excluding steroid dienone is 1. The number of benzene rings is 1. The number of anilines is 1. The number of hydrogen-bond donors (Lipinski definition) is 2. The van der Waals surface area contributed by atoms with E-state index in [4.69, 9.17) is 5.73 Å². The van der Waals surface area contributed by atoms with E-state index < -0.39 is 6.30 Å². The summed E-state index contributed by atoms with van der Waals surface area (Å²) in [6.45, 7) is 1.86. The van der Waals surface area contributed by atoms with Crippen molar-refractivity contribution in [2.45, 2.75) is 32.1 Å². The van der Waals surface area contributed by atoms with E-state index in [1.807, 2.05) is 25.1 Å². The second-order valence-electron chi connectivity index (χ2n) is 8.39. The van der Waals surface area contributed by atoms with Crippen molar-refractivity contribution in [3.8, 4) is 0 Å². The third-order valence-corrected chi connectivity index (χ3v) is 6.25. The van der Waals surface area contributed by atoms with Gasteiger partial charge in [-0.2, -0.15) is 4.99 Å². The van der Waals surface area contributed by atoms with Gasteiger partial charge in [-0.25, -0.2) is 4.98 Å². The van der Waals surface area contributed by atoms with Gasteiger partial charge < -0.3 is 15.6 Å². The van der Waals surface area contributed by atoms with Crippen LogP contribution in [-0.2, 0) is 4.79 Å². The fraction of sp³-hybridized carbons (Fsp3) is 0.304. The molecule has 7 nitrogen and oxygen atoms in total. The number of aliphatic imine (C=N–C) groups is 1. The molecule has 3 heterocycles. The van der Waals surface area contributed by atoms with Gasteiger partial charge in [0.2, 0.25) is 5.91 Å². The second kappa shape index (κ2) is 7.72. The fourth-order valence-electron chi connectivity index (χ4n) is 4.49. The summed E-state index contributed by atoms with van der Waals surface area (Å²) in [6.07, 6.45) is 2.27. The predicted molar refractivity (Wildman–Crippen MR) is 118 cm³/mol. The normalized spacial score (nSPS) is 21.8. The average molecular weight is 454 g/mol. The maximum Gasteiger partial charge on any atom is 0.503 e. The van der Waals surface area contributed by atoms with Crippen molar-refractivity contribution in [1.82, 2.24) is 15.0 Å². The Morgan fingerprint density at radius 2 is 2.06 bits per heavy atom. The fourth-order valence-corrected chi connectivity index (χ4v) is 4.49. The zero-order valence-electron chi connectivity index (χ0n) is 17.7. The summed E-state index contributed by atoms with van der Waals surface area (Å²) in [5.74, 6) is 0.280. The minimum atomic E-state index is -4.69. The molecule has 170 valence electrons. The number of carbonyl (C=O) groups is 1. The summed E-state index contributed by atoms with van der Waals surface area (Å²) in [6, 6.07) is 7.12. The van der Waals surface area contributed by atoms with E-state index in [0.29, 0.717) is 12.1 Å². The van der Waals surface area contributed by atoms with Crippen molar-refractivity contribution >= 4 is 34.4 Å². The standard InChI is InChI=1S/C23H21F3N6O/c1-12-6-18(14(8-27)9-31-23(24,25)26)28-10-16(12)21-20(13-2-3-13)22(33)32(21)15-4-5-17-19(7-15)30-11-29-17/h4-11,13,20-21H,2-3,27H2,1H3,(H,29,30)/t20-,21+/m1/s1. The highest BCUT2D eigenvalue weighted by Crippen LogP contribution is 2.54. The number of imidazole rings is 1. The smallest absolute Gasteiger partial charge is 0.404 e. The van der Waals surface area contributed by atoms with Crippen molar-refractivity contribution in [1.29, 1.82) is 0 Å². The second-order valence-corrected chi connectivity index (χ2v) is 8.39. The number of amides is 1. The molecule has 0 bridgehead atoms. The zero-order chi connectivity index (χ0) is 23.3. The highest BCUT2D eigenvalue weighted by Gasteiger charge is 2.55. The van der Waals surface area contributed by atoms with E-state index in [1.165, 1.54) is 0 Å². The molecule has 2 atom stereocenters. The van der Waals surface area contributed by atoms with E-state index in [-0.39, 0.29) is 29.1 Å². The number of nitrogens with zero attached hydrogens (tertiary/aromatic N) is 4. The van der Waals surface area contributed by atoms with Gasteiger partial charge in [0.1, 0.15) is 0 Å². The van der Waals surface area contributed by atoms with Crippen LogP contribution < -0.4 is 10.6 Å². The molecule has 1 aromatic carbocycles. The zero-order valence-corrected chi connectivity index (χ0v) is 17.7. The molecule has 1 aliphatic carbocycles. The number of nitrogens with two attached hydrogens (primary N) is 1. The van der Waals surface area contributed by atoms with Gasteiger partial charge in [-0.3, -0.25) is 9.78 Å². The number of rotatable bonds is 5. The van der Waals surface area contributed by atoms with Gasteiger partial charge in [0.15, 0.2) is 0 Å². The average Bonchev–Trinajstić information content (AvgIpc) is 3.47. The lowest BCUT2D eigenvalue weighted by atomic mass is 9.77. The number of H-pyrrole nitrogens is 1. The molecule has 2 aromatic heterocycles. The number of carbonyl (C=O) groups excluding carboxylic acids is 1. The molecule has 5 rings (SSSR count). The summed E-state index contributed by atoms with van der Waals surface area (Å²) >= 11 is 0. The molecule has 3 aromatic rings. The monoisotopic (exact) mass is 454 g/mol. The van der Waals surface area contributed by atoms with Crippen LogP contribution in [0.25, 0.3) is 16.6 Å². The quantitative estimate of drug-likeness (QED) is 0.342. The van der Waals surface area contributed by atoms with Gasteiger partial charge in [0.05, 0.1) is 35.0 Å². The topological polar surface area (TPSA) is 100 Å². The summed E-state index contributed by atoms with van der Waals surface area (Å²) in [7, 11) is 0. The van der Waals surface area contributed by atoms with Crippen LogP contribution >= 0.6 is 0 Å². The number of alkyl halides is 3. The summed E-state index contributed by atoms with van der Waals surface area (Å²) < 4.78 is 37.4. The molecule has 33 heavy (non-hydrogen) atoms. The van der Waals surface area contributed by atoms with Crippen LogP contribution in [0.3, 0.4) is 0 Å². The van der Waals surface area contributed by atoms with E-state index in [0.717, 1.165) is 46.9 Å². The predicted octanol–water partition coefficient (Wildman–Crippen LogP) is 4.27. The number of nitrogens with one attached hydrogen (secondary N) is 1. The van der Waals surface area contributed by atoms with E-state index >= 15 is 0 Å². The molecule has 3 N–H and O–H groups in total. The van der Waals surface area contributed by atoms with Crippen molar-refractivity contribution in [3.05, 3.63) is 59.8 Å². The van der Waals surface area contributed by atoms with E-state index in [2.05, 4.69) is 19.9 Å². The SMILES string of the molecule is Cc1cc(C(C=NC(F)(F)F)=CN)ncc1[C@H]1[C@@H](C2CC2)C(=O)N1c1ccc2nc[nH]c2c1. The van der Waals surface area contributed by atoms with Gasteiger partial charge in [-0.1, -0.05) is 0 Å². The van der Waals surface area contributed by atoms with Gasteiger partial charge >= 0.3 is 6.30 Å². The lowest BCUT2D eigenvalue weighted by Gasteiger charge is -2.48. The third kappa shape index (κ3) is 3.85. The van der Waals surface area contributed by atoms with Crippen molar-refractivity contribution < 1.29 is 18.0 Å². The molecule has 1 saturated carbocycles. The first-order valence-electron chi connectivity index (χ1n) is 10.5. The van der Waals surface area contributed by atoms with Gasteiger partial charge in [0, 0.05) is 29.9 Å². The Morgan fingerprint density at radius 1 is 1.27 bits per heavy atom. The van der Waals surface area contributed by atoms with Crippen LogP contribution in [0.15, 0.2) is 48.0 Å². The molecule has 1 aliphatic heterocycles. The number of β-lactam (4-membered cyclic amide) rings is 1. The van der Waals surface area contributed by atoms with Crippen molar-refractivity contribution in [2.75, 3.05) is 4.90 Å². The Bertz CT molecular complexity index is 1290. The number of pyridine rings is 1. The highest BCUT2D eigenvalue weighted by atomic mass is 19.4. The first-order chi connectivity index (χ1) is 15.8. The Kier molecular flexibility index (Phi) is 4.95. The molecule has 10 heteroatoms. The van der Waals surface area contributed by atoms with Crippen LogP contribution in [0.4, 0.5) is 18.9 Å². The number of hydrogen-bond acceptors (Lipinski definition) is 5. The number of aromatic nitrogens is 3. The maximum absolute atomic E-state index is 13.1. The van der Waals surface area contributed by atoms with Gasteiger partial charge in [-0.05, 0) is 61.1 Å². The number of aromatic amines is 1.